The number of ether oxygens (including phenoxy) is 4. The quantitative estimate of drug-likeness (QED) is 0.436. The number of carbonyl (C=O) groups excluding carboxylic acids is 2. The van der Waals surface area contributed by atoms with Crippen molar-refractivity contribution in [2.45, 2.75) is 46.3 Å². The van der Waals surface area contributed by atoms with Gasteiger partial charge < -0.3 is 24.3 Å². The lowest BCUT2D eigenvalue weighted by Gasteiger charge is -2.31. The van der Waals surface area contributed by atoms with E-state index in [1.807, 2.05) is 18.0 Å². The van der Waals surface area contributed by atoms with Crippen LogP contribution in [0.5, 0.6) is 11.5 Å². The minimum Gasteiger partial charge on any atom is -0.461 e. The molecule has 1 unspecified atom stereocenters. The van der Waals surface area contributed by atoms with Gasteiger partial charge in [0.25, 0.3) is 0 Å². The van der Waals surface area contributed by atoms with Gasteiger partial charge in [0.15, 0.2) is 11.5 Å². The summed E-state index contributed by atoms with van der Waals surface area (Å²) in [4.78, 5) is 28.8. The summed E-state index contributed by atoms with van der Waals surface area (Å²) in [6, 6.07) is 11.7. The predicted octanol–water partition coefficient (Wildman–Crippen LogP) is 4.84. The summed E-state index contributed by atoms with van der Waals surface area (Å²) in [7, 11) is 1.89. The number of rotatable bonds is 9. The summed E-state index contributed by atoms with van der Waals surface area (Å²) in [5.41, 5.74) is 3.35. The summed E-state index contributed by atoms with van der Waals surface area (Å²) in [6.45, 7) is 8.31. The van der Waals surface area contributed by atoms with Crippen molar-refractivity contribution in [1.82, 2.24) is 10.2 Å². The molecule has 0 fully saturated rings. The van der Waals surface area contributed by atoms with Crippen LogP contribution in [0.4, 0.5) is 4.39 Å². The summed E-state index contributed by atoms with van der Waals surface area (Å²) < 4.78 is 35.8. The molecule has 10 heteroatoms. The molecule has 2 aliphatic rings. The van der Waals surface area contributed by atoms with Crippen molar-refractivity contribution in [2.75, 3.05) is 27.0 Å². The van der Waals surface area contributed by atoms with E-state index in [2.05, 4.69) is 5.32 Å². The van der Waals surface area contributed by atoms with E-state index in [-0.39, 0.29) is 37.7 Å². The summed E-state index contributed by atoms with van der Waals surface area (Å²) in [5.74, 6) is -1.10. The molecule has 1 N–H and O–H groups in total. The van der Waals surface area contributed by atoms with E-state index < -0.39 is 17.9 Å². The molecule has 0 radical (unpaired) electrons. The highest BCUT2D eigenvalue weighted by atomic mass is 35.5. The second-order valence-corrected chi connectivity index (χ2v) is 9.67. The highest BCUT2D eigenvalue weighted by Crippen LogP contribution is 2.47. The molecule has 0 saturated carbocycles. The molecule has 0 aliphatic carbocycles. The van der Waals surface area contributed by atoms with Crippen molar-refractivity contribution < 1.29 is 32.9 Å². The maximum atomic E-state index is 13.5. The van der Waals surface area contributed by atoms with Crippen LogP contribution in [0.15, 0.2) is 65.0 Å². The fourth-order valence-electron chi connectivity index (χ4n) is 4.66. The van der Waals surface area contributed by atoms with Gasteiger partial charge in [0.05, 0.1) is 23.2 Å². The molecule has 2 aromatic rings. The molecule has 2 aliphatic heterocycles. The number of allylic oxidation sites excluding steroid dienone is 2. The monoisotopic (exact) mass is 560 g/mol. The molecular formula is C29H34ClFN2O6. The van der Waals surface area contributed by atoms with Crippen LogP contribution < -0.4 is 14.8 Å². The van der Waals surface area contributed by atoms with Gasteiger partial charge in [-0.1, -0.05) is 24.3 Å². The number of hydrogen-bond donors (Lipinski definition) is 1. The lowest BCUT2D eigenvalue weighted by Crippen LogP contribution is -2.34. The van der Waals surface area contributed by atoms with E-state index in [1.165, 1.54) is 12.1 Å². The minimum absolute atomic E-state index is 0. The average molecular weight is 561 g/mol. The number of nitrogens with zero attached hydrogens (tertiary/aromatic N) is 1. The largest absolute Gasteiger partial charge is 0.461 e. The Morgan fingerprint density at radius 1 is 1.05 bits per heavy atom. The first kappa shape index (κ1) is 30.0. The van der Waals surface area contributed by atoms with Gasteiger partial charge in [0.1, 0.15) is 12.4 Å². The van der Waals surface area contributed by atoms with Crippen LogP contribution in [0.2, 0.25) is 0 Å². The number of benzene rings is 2. The van der Waals surface area contributed by atoms with Crippen molar-refractivity contribution in [3.8, 4) is 11.5 Å². The maximum Gasteiger partial charge on any atom is 0.337 e. The number of halogens is 2. The van der Waals surface area contributed by atoms with Crippen molar-refractivity contribution in [3.63, 3.8) is 0 Å². The Labute approximate surface area is 234 Å². The average Bonchev–Trinajstić information content (AvgIpc) is 3.33. The second-order valence-electron chi connectivity index (χ2n) is 9.67. The van der Waals surface area contributed by atoms with Gasteiger partial charge in [0.2, 0.25) is 6.79 Å². The summed E-state index contributed by atoms with van der Waals surface area (Å²) >= 11 is 0. The number of nitrogens with one attached hydrogen (secondary N) is 1. The first-order valence-electron chi connectivity index (χ1n) is 12.5. The van der Waals surface area contributed by atoms with Gasteiger partial charge in [0, 0.05) is 30.0 Å². The van der Waals surface area contributed by atoms with E-state index in [9.17, 15) is 14.0 Å². The molecule has 0 spiro atoms. The van der Waals surface area contributed by atoms with Crippen LogP contribution in [-0.4, -0.2) is 49.9 Å². The zero-order chi connectivity index (χ0) is 27.4. The van der Waals surface area contributed by atoms with E-state index in [1.54, 1.807) is 52.0 Å². The van der Waals surface area contributed by atoms with E-state index >= 15 is 0 Å². The number of esters is 2. The molecule has 2 heterocycles. The number of hydrogen-bond acceptors (Lipinski definition) is 8. The fourth-order valence-corrected chi connectivity index (χ4v) is 4.66. The number of para-hydroxylation sites is 1. The highest BCUT2D eigenvalue weighted by Gasteiger charge is 2.40. The normalized spacial score (nSPS) is 16.3. The SMILES string of the molecule is CC1=C(C(=O)OCCN(C)Cc2ccc(F)cc2)C(c2cccc3c2OCO3)C(C(=O)OC(C)C)=C(C)N1.Cl. The van der Waals surface area contributed by atoms with Gasteiger partial charge in [-0.15, -0.1) is 12.4 Å². The molecule has 39 heavy (non-hydrogen) atoms. The molecule has 2 aromatic carbocycles. The molecule has 210 valence electrons. The highest BCUT2D eigenvalue weighted by molar-refractivity contribution is 6.00. The number of carbonyl (C=O) groups is 2. The predicted molar refractivity (Wildman–Crippen MR) is 146 cm³/mol. The topological polar surface area (TPSA) is 86.3 Å². The molecule has 0 bridgehead atoms. The summed E-state index contributed by atoms with van der Waals surface area (Å²) in [6.07, 6.45) is -0.344. The number of dihydropyridines is 1. The van der Waals surface area contributed by atoms with Crippen LogP contribution in [0.3, 0.4) is 0 Å². The van der Waals surface area contributed by atoms with Crippen LogP contribution in [0.25, 0.3) is 0 Å². The van der Waals surface area contributed by atoms with Crippen molar-refractivity contribution in [2.24, 2.45) is 0 Å². The Kier molecular flexibility index (Phi) is 9.99. The van der Waals surface area contributed by atoms with E-state index in [4.69, 9.17) is 18.9 Å². The number of likely N-dealkylation sites (N-methyl/N-ethyl adjacent to an activating group) is 1. The maximum absolute atomic E-state index is 13.5. The zero-order valence-corrected chi connectivity index (χ0v) is 23.5. The van der Waals surface area contributed by atoms with Crippen molar-refractivity contribution >= 4 is 24.3 Å². The molecule has 0 aromatic heterocycles. The first-order valence-corrected chi connectivity index (χ1v) is 12.5. The summed E-state index contributed by atoms with van der Waals surface area (Å²) in [5, 5.41) is 3.16. The van der Waals surface area contributed by atoms with Crippen molar-refractivity contribution in [3.05, 3.63) is 81.9 Å². The lowest BCUT2D eigenvalue weighted by molar-refractivity contribution is -0.143. The molecule has 4 rings (SSSR count). The smallest absolute Gasteiger partial charge is 0.337 e. The van der Waals surface area contributed by atoms with Gasteiger partial charge in [-0.3, -0.25) is 4.90 Å². The van der Waals surface area contributed by atoms with Crippen LogP contribution in [0.1, 0.15) is 44.7 Å². The third kappa shape index (κ3) is 6.91. The minimum atomic E-state index is -0.774. The van der Waals surface area contributed by atoms with Crippen LogP contribution in [-0.2, 0) is 25.6 Å². The first-order chi connectivity index (χ1) is 18.2. The zero-order valence-electron chi connectivity index (χ0n) is 22.7. The second kappa shape index (κ2) is 13.0. The van der Waals surface area contributed by atoms with Gasteiger partial charge in [-0.05, 0) is 58.5 Å². The third-order valence-electron chi connectivity index (χ3n) is 6.35. The van der Waals surface area contributed by atoms with Gasteiger partial charge in [-0.2, -0.15) is 0 Å². The van der Waals surface area contributed by atoms with Gasteiger partial charge in [-0.25, -0.2) is 14.0 Å². The lowest BCUT2D eigenvalue weighted by atomic mass is 9.80. The Hall–Kier alpha value is -3.56. The fraction of sp³-hybridized carbons (Fsp3) is 0.379. The Morgan fingerprint density at radius 2 is 1.72 bits per heavy atom. The molecule has 8 nitrogen and oxygen atoms in total. The van der Waals surface area contributed by atoms with Crippen LogP contribution in [0, 0.1) is 5.82 Å². The molecule has 0 saturated heterocycles. The molecule has 0 amide bonds. The van der Waals surface area contributed by atoms with Gasteiger partial charge >= 0.3 is 11.9 Å². The molecule has 1 atom stereocenters. The standard InChI is InChI=1S/C29H33FN2O6.ClH/c1-17(2)38-29(34)25-19(4)31-18(3)24(26(25)22-7-6-8-23-27(22)37-16-36-23)28(33)35-14-13-32(5)15-20-9-11-21(30)12-10-20;/h6-12,17,26,31H,13-16H2,1-5H3;1H. The Morgan fingerprint density at radius 3 is 2.38 bits per heavy atom. The molecular weight excluding hydrogens is 527 g/mol. The Bertz CT molecular complexity index is 1280. The Balaban J connectivity index is 0.00000420. The number of fused-ring (bicyclic) bond motifs is 1. The van der Waals surface area contributed by atoms with Crippen molar-refractivity contribution in [1.29, 1.82) is 0 Å². The van der Waals surface area contributed by atoms with Crippen LogP contribution >= 0.6 is 12.4 Å². The van der Waals surface area contributed by atoms with E-state index in [0.717, 1.165) is 5.56 Å². The third-order valence-corrected chi connectivity index (χ3v) is 6.35. The van der Waals surface area contributed by atoms with E-state index in [0.29, 0.717) is 52.7 Å².